The number of hydrogen-bond acceptors (Lipinski definition) is 4. The molecule has 0 bridgehead atoms. The minimum atomic E-state index is -3.95. The summed E-state index contributed by atoms with van der Waals surface area (Å²) in [6, 6.07) is 12.2. The van der Waals surface area contributed by atoms with Crippen molar-refractivity contribution in [1.29, 1.82) is 0 Å². The Morgan fingerprint density at radius 1 is 1.09 bits per heavy atom. The third kappa shape index (κ3) is 3.65. The van der Waals surface area contributed by atoms with E-state index in [1.165, 1.54) is 24.3 Å². The molecule has 0 aliphatic rings. The van der Waals surface area contributed by atoms with Gasteiger partial charge in [-0.2, -0.15) is 8.42 Å². The number of carbonyl (C=O) groups is 1. The van der Waals surface area contributed by atoms with Crippen LogP contribution in [0, 0.1) is 0 Å². The lowest BCUT2D eigenvalue weighted by Gasteiger charge is -2.10. The van der Waals surface area contributed by atoms with Gasteiger partial charge in [0.1, 0.15) is 10.6 Å². The molecule has 1 amide bonds. The highest BCUT2D eigenvalue weighted by molar-refractivity contribution is 7.87. The average Bonchev–Trinajstić information content (AvgIpc) is 2.47. The highest BCUT2D eigenvalue weighted by atomic mass is 32.2. The first-order chi connectivity index (χ1) is 10.3. The van der Waals surface area contributed by atoms with Crippen molar-refractivity contribution in [2.24, 2.45) is 5.73 Å². The molecule has 116 valence electrons. The molecule has 2 N–H and O–H groups in total. The SMILES string of the molecule is CC(C)c1cccc(OS(=O)(=O)c2ccc(C(N)=O)cc2)c1. The summed E-state index contributed by atoms with van der Waals surface area (Å²) in [5.41, 5.74) is 6.34. The second kappa shape index (κ2) is 6.19. The molecule has 0 fully saturated rings. The Labute approximate surface area is 129 Å². The third-order valence-corrected chi connectivity index (χ3v) is 4.42. The average molecular weight is 319 g/mol. The molecule has 0 saturated carbocycles. The molecule has 0 unspecified atom stereocenters. The monoisotopic (exact) mass is 319 g/mol. The first-order valence-electron chi connectivity index (χ1n) is 6.74. The van der Waals surface area contributed by atoms with Crippen molar-refractivity contribution >= 4 is 16.0 Å². The Morgan fingerprint density at radius 2 is 1.73 bits per heavy atom. The van der Waals surface area contributed by atoms with E-state index in [-0.39, 0.29) is 22.1 Å². The van der Waals surface area contributed by atoms with E-state index >= 15 is 0 Å². The summed E-state index contributed by atoms with van der Waals surface area (Å²) in [5.74, 6) is -0.0965. The summed E-state index contributed by atoms with van der Waals surface area (Å²) in [6.45, 7) is 4.02. The fraction of sp³-hybridized carbons (Fsp3) is 0.188. The molecule has 0 saturated heterocycles. The largest absolute Gasteiger partial charge is 0.379 e. The first-order valence-corrected chi connectivity index (χ1v) is 8.15. The van der Waals surface area contributed by atoms with E-state index < -0.39 is 16.0 Å². The molecule has 22 heavy (non-hydrogen) atoms. The minimum Gasteiger partial charge on any atom is -0.379 e. The predicted molar refractivity (Wildman–Crippen MR) is 83.3 cm³/mol. The lowest BCUT2D eigenvalue weighted by Crippen LogP contribution is -2.13. The number of rotatable bonds is 5. The highest BCUT2D eigenvalue weighted by Crippen LogP contribution is 2.23. The maximum absolute atomic E-state index is 12.2. The van der Waals surface area contributed by atoms with Gasteiger partial charge in [-0.25, -0.2) is 0 Å². The predicted octanol–water partition coefficient (Wildman–Crippen LogP) is 2.68. The number of primary amides is 1. The van der Waals surface area contributed by atoms with Crippen molar-refractivity contribution < 1.29 is 17.4 Å². The standard InChI is InChI=1S/C16H17NO4S/c1-11(2)13-4-3-5-14(10-13)21-22(19,20)15-8-6-12(7-9-15)16(17)18/h3-11H,1-2H3,(H2,17,18). The molecule has 0 radical (unpaired) electrons. The van der Waals surface area contributed by atoms with Gasteiger partial charge < -0.3 is 9.92 Å². The number of hydrogen-bond donors (Lipinski definition) is 1. The van der Waals surface area contributed by atoms with Gasteiger partial charge in [-0.05, 0) is 47.9 Å². The van der Waals surface area contributed by atoms with Crippen LogP contribution in [-0.4, -0.2) is 14.3 Å². The van der Waals surface area contributed by atoms with Crippen LogP contribution in [-0.2, 0) is 10.1 Å². The topological polar surface area (TPSA) is 86.5 Å². The van der Waals surface area contributed by atoms with E-state index in [9.17, 15) is 13.2 Å². The Hall–Kier alpha value is -2.34. The molecule has 2 aromatic rings. The van der Waals surface area contributed by atoms with Gasteiger partial charge in [0.2, 0.25) is 5.91 Å². The summed E-state index contributed by atoms with van der Waals surface area (Å²) >= 11 is 0. The molecular weight excluding hydrogens is 302 g/mol. The number of benzene rings is 2. The number of carbonyl (C=O) groups excluding carboxylic acids is 1. The smallest absolute Gasteiger partial charge is 0.339 e. The van der Waals surface area contributed by atoms with Crippen LogP contribution in [0.25, 0.3) is 0 Å². The van der Waals surface area contributed by atoms with Crippen molar-refractivity contribution in [2.45, 2.75) is 24.7 Å². The second-order valence-corrected chi connectivity index (χ2v) is 6.70. The molecule has 0 spiro atoms. The fourth-order valence-electron chi connectivity index (χ4n) is 1.89. The lowest BCUT2D eigenvalue weighted by molar-refractivity contribution is 0.1000. The first kappa shape index (κ1) is 16.0. The van der Waals surface area contributed by atoms with E-state index in [0.29, 0.717) is 0 Å². The summed E-state index contributed by atoms with van der Waals surface area (Å²) in [7, 11) is -3.95. The van der Waals surface area contributed by atoms with Crippen molar-refractivity contribution in [3.8, 4) is 5.75 Å². The maximum atomic E-state index is 12.2. The van der Waals surface area contributed by atoms with Crippen LogP contribution >= 0.6 is 0 Å². The van der Waals surface area contributed by atoms with Crippen LogP contribution in [0.5, 0.6) is 5.75 Å². The van der Waals surface area contributed by atoms with Crippen molar-refractivity contribution in [3.05, 3.63) is 59.7 Å². The Balaban J connectivity index is 2.27. The number of amides is 1. The van der Waals surface area contributed by atoms with Crippen LogP contribution < -0.4 is 9.92 Å². The van der Waals surface area contributed by atoms with E-state index in [0.717, 1.165) is 5.56 Å². The molecule has 0 aromatic heterocycles. The van der Waals surface area contributed by atoms with Crippen molar-refractivity contribution in [1.82, 2.24) is 0 Å². The van der Waals surface area contributed by atoms with Crippen LogP contribution in [0.1, 0.15) is 35.7 Å². The third-order valence-electron chi connectivity index (χ3n) is 3.16. The van der Waals surface area contributed by atoms with Crippen LogP contribution in [0.3, 0.4) is 0 Å². The van der Waals surface area contributed by atoms with Gasteiger partial charge in [0.05, 0.1) is 0 Å². The van der Waals surface area contributed by atoms with E-state index in [1.807, 2.05) is 19.9 Å². The molecule has 6 heteroatoms. The lowest BCUT2D eigenvalue weighted by atomic mass is 10.0. The number of nitrogens with two attached hydrogens (primary N) is 1. The molecule has 0 atom stereocenters. The summed E-state index contributed by atoms with van der Waals surface area (Å²) in [5, 5.41) is 0. The zero-order valence-electron chi connectivity index (χ0n) is 12.3. The van der Waals surface area contributed by atoms with Gasteiger partial charge in [-0.15, -0.1) is 0 Å². The van der Waals surface area contributed by atoms with Crippen molar-refractivity contribution in [2.75, 3.05) is 0 Å². The van der Waals surface area contributed by atoms with Crippen LogP contribution in [0.4, 0.5) is 0 Å². The van der Waals surface area contributed by atoms with Gasteiger partial charge in [-0.3, -0.25) is 4.79 Å². The maximum Gasteiger partial charge on any atom is 0.339 e. The molecule has 0 aliphatic heterocycles. The molecule has 5 nitrogen and oxygen atoms in total. The second-order valence-electron chi connectivity index (χ2n) is 5.15. The summed E-state index contributed by atoms with van der Waals surface area (Å²) in [4.78, 5) is 11.0. The fourth-order valence-corrected chi connectivity index (χ4v) is 2.81. The molecule has 0 aliphatic carbocycles. The molecule has 2 aromatic carbocycles. The quantitative estimate of drug-likeness (QED) is 0.858. The van der Waals surface area contributed by atoms with E-state index in [1.54, 1.807) is 18.2 Å². The van der Waals surface area contributed by atoms with Gasteiger partial charge in [-0.1, -0.05) is 26.0 Å². The Bertz CT molecular complexity index is 780. The molecule has 2 rings (SSSR count). The Kier molecular flexibility index (Phi) is 4.51. The minimum absolute atomic E-state index is 0.0348. The van der Waals surface area contributed by atoms with Gasteiger partial charge in [0.15, 0.2) is 0 Å². The van der Waals surface area contributed by atoms with Crippen molar-refractivity contribution in [3.63, 3.8) is 0 Å². The Morgan fingerprint density at radius 3 is 2.27 bits per heavy atom. The van der Waals surface area contributed by atoms with E-state index in [2.05, 4.69) is 0 Å². The van der Waals surface area contributed by atoms with Crippen LogP contribution in [0.15, 0.2) is 53.4 Å². The van der Waals surface area contributed by atoms with Gasteiger partial charge >= 0.3 is 10.1 Å². The molecular formula is C16H17NO4S. The molecule has 0 heterocycles. The summed E-state index contributed by atoms with van der Waals surface area (Å²) < 4.78 is 29.6. The zero-order valence-corrected chi connectivity index (χ0v) is 13.1. The highest BCUT2D eigenvalue weighted by Gasteiger charge is 2.17. The van der Waals surface area contributed by atoms with Gasteiger partial charge in [0.25, 0.3) is 0 Å². The zero-order chi connectivity index (χ0) is 16.3. The van der Waals surface area contributed by atoms with Gasteiger partial charge in [0, 0.05) is 5.56 Å². The normalized spacial score (nSPS) is 11.4. The summed E-state index contributed by atoms with van der Waals surface area (Å²) in [6.07, 6.45) is 0. The van der Waals surface area contributed by atoms with E-state index in [4.69, 9.17) is 9.92 Å². The van der Waals surface area contributed by atoms with Crippen LogP contribution in [0.2, 0.25) is 0 Å².